The summed E-state index contributed by atoms with van der Waals surface area (Å²) < 4.78 is 50.8. The number of alkyl halides is 3. The second kappa shape index (κ2) is 6.19. The van der Waals surface area contributed by atoms with Crippen molar-refractivity contribution in [1.82, 2.24) is 0 Å². The number of nitrogen functional groups attached to an aromatic ring is 1. The summed E-state index contributed by atoms with van der Waals surface area (Å²) in [6, 6.07) is 9.66. The van der Waals surface area contributed by atoms with Crippen LogP contribution in [0.2, 0.25) is 0 Å². The lowest BCUT2D eigenvalue weighted by Crippen LogP contribution is -2.06. The summed E-state index contributed by atoms with van der Waals surface area (Å²) in [5.74, 6) is 0.00639. The Morgan fingerprint density at radius 2 is 1.86 bits per heavy atom. The molecule has 21 heavy (non-hydrogen) atoms. The highest BCUT2D eigenvalue weighted by atomic mass is 79.9. The van der Waals surface area contributed by atoms with Crippen molar-refractivity contribution in [3.05, 3.63) is 58.1 Å². The molecule has 2 aromatic carbocycles. The van der Waals surface area contributed by atoms with Crippen LogP contribution in [0.5, 0.6) is 0 Å². The van der Waals surface area contributed by atoms with Crippen LogP contribution >= 0.6 is 15.9 Å². The fourth-order valence-electron chi connectivity index (χ4n) is 1.77. The molecule has 0 heterocycles. The first-order valence-electron chi connectivity index (χ1n) is 5.87. The molecule has 0 bridgehead atoms. The van der Waals surface area contributed by atoms with Crippen LogP contribution in [-0.4, -0.2) is 4.21 Å². The zero-order chi connectivity index (χ0) is 15.6. The molecule has 0 amide bonds. The summed E-state index contributed by atoms with van der Waals surface area (Å²) >= 11 is 3.25. The number of halogens is 4. The molecule has 0 radical (unpaired) electrons. The Bertz CT molecular complexity index is 688. The third-order valence-corrected chi connectivity index (χ3v) is 5.11. The maximum absolute atomic E-state index is 12.6. The summed E-state index contributed by atoms with van der Waals surface area (Å²) in [7, 11) is -1.46. The van der Waals surface area contributed by atoms with E-state index in [1.807, 2.05) is 0 Å². The van der Waals surface area contributed by atoms with Gasteiger partial charge in [-0.15, -0.1) is 0 Å². The molecule has 2 nitrogen and oxygen atoms in total. The van der Waals surface area contributed by atoms with E-state index in [2.05, 4.69) is 15.9 Å². The van der Waals surface area contributed by atoms with Crippen molar-refractivity contribution in [2.24, 2.45) is 0 Å². The van der Waals surface area contributed by atoms with Gasteiger partial charge in [0.15, 0.2) is 0 Å². The van der Waals surface area contributed by atoms with E-state index < -0.39 is 22.5 Å². The first-order chi connectivity index (χ1) is 9.77. The fraction of sp³-hybridized carbons (Fsp3) is 0.143. The summed E-state index contributed by atoms with van der Waals surface area (Å²) in [6.07, 6.45) is -4.40. The SMILES string of the molecule is Nc1ccc(S(=O)Cc2cccc(C(F)(F)F)c2)c(Br)c1. The van der Waals surface area contributed by atoms with Gasteiger partial charge in [0.25, 0.3) is 0 Å². The Kier molecular flexibility index (Phi) is 4.73. The highest BCUT2D eigenvalue weighted by molar-refractivity contribution is 9.10. The Morgan fingerprint density at radius 1 is 1.14 bits per heavy atom. The normalized spacial score (nSPS) is 13.1. The van der Waals surface area contributed by atoms with Gasteiger partial charge in [-0.25, -0.2) is 0 Å². The minimum absolute atomic E-state index is 0.00639. The van der Waals surface area contributed by atoms with Crippen molar-refractivity contribution in [2.45, 2.75) is 16.8 Å². The van der Waals surface area contributed by atoms with Crippen LogP contribution in [0.25, 0.3) is 0 Å². The molecular formula is C14H11BrF3NOS. The second-order valence-corrected chi connectivity index (χ2v) is 6.65. The van der Waals surface area contributed by atoms with E-state index in [1.54, 1.807) is 18.2 Å². The van der Waals surface area contributed by atoms with Crippen molar-refractivity contribution >= 4 is 32.4 Å². The fourth-order valence-corrected chi connectivity index (χ4v) is 3.84. The molecule has 2 rings (SSSR count). The molecule has 0 aromatic heterocycles. The van der Waals surface area contributed by atoms with Crippen molar-refractivity contribution in [3.8, 4) is 0 Å². The third-order valence-electron chi connectivity index (χ3n) is 2.75. The lowest BCUT2D eigenvalue weighted by atomic mass is 10.1. The maximum Gasteiger partial charge on any atom is 0.416 e. The molecule has 0 aliphatic rings. The summed E-state index contributed by atoms with van der Waals surface area (Å²) in [6.45, 7) is 0. The first kappa shape index (κ1) is 16.0. The lowest BCUT2D eigenvalue weighted by Gasteiger charge is -2.09. The van der Waals surface area contributed by atoms with Gasteiger partial charge < -0.3 is 5.73 Å². The van der Waals surface area contributed by atoms with Crippen molar-refractivity contribution in [1.29, 1.82) is 0 Å². The minimum Gasteiger partial charge on any atom is -0.399 e. The van der Waals surface area contributed by atoms with Gasteiger partial charge in [0, 0.05) is 10.2 Å². The molecule has 7 heteroatoms. The predicted molar refractivity (Wildman–Crippen MR) is 80.1 cm³/mol. The van der Waals surface area contributed by atoms with E-state index in [0.717, 1.165) is 12.1 Å². The number of rotatable bonds is 3. The number of benzene rings is 2. The van der Waals surface area contributed by atoms with Crippen LogP contribution in [0.1, 0.15) is 11.1 Å². The molecule has 0 aliphatic carbocycles. The van der Waals surface area contributed by atoms with Crippen LogP contribution < -0.4 is 5.73 Å². The molecule has 0 fully saturated rings. The van der Waals surface area contributed by atoms with Gasteiger partial charge in [-0.1, -0.05) is 18.2 Å². The molecule has 0 aliphatic heterocycles. The molecule has 2 aromatic rings. The predicted octanol–water partition coefficient (Wildman–Crippen LogP) is 4.36. The van der Waals surface area contributed by atoms with Gasteiger partial charge >= 0.3 is 6.18 Å². The van der Waals surface area contributed by atoms with Crippen LogP contribution in [0.4, 0.5) is 18.9 Å². The van der Waals surface area contributed by atoms with Crippen molar-refractivity contribution in [2.75, 3.05) is 5.73 Å². The smallest absolute Gasteiger partial charge is 0.399 e. The number of hydrogen-bond acceptors (Lipinski definition) is 2. The summed E-state index contributed by atoms with van der Waals surface area (Å²) in [4.78, 5) is 0.501. The molecule has 1 unspecified atom stereocenters. The molecule has 0 saturated heterocycles. The second-order valence-electron chi connectivity index (χ2n) is 4.38. The average Bonchev–Trinajstić information content (AvgIpc) is 2.37. The quantitative estimate of drug-likeness (QED) is 0.807. The zero-order valence-electron chi connectivity index (χ0n) is 10.7. The number of nitrogens with two attached hydrogens (primary N) is 1. The monoisotopic (exact) mass is 377 g/mol. The first-order valence-corrected chi connectivity index (χ1v) is 7.98. The molecule has 2 N–H and O–H groups in total. The van der Waals surface area contributed by atoms with Crippen LogP contribution in [0, 0.1) is 0 Å². The zero-order valence-corrected chi connectivity index (χ0v) is 13.1. The largest absolute Gasteiger partial charge is 0.416 e. The van der Waals surface area contributed by atoms with Gasteiger partial charge in [-0.3, -0.25) is 4.21 Å². The van der Waals surface area contributed by atoms with E-state index in [-0.39, 0.29) is 5.75 Å². The van der Waals surface area contributed by atoms with E-state index in [4.69, 9.17) is 5.73 Å². The highest BCUT2D eigenvalue weighted by Gasteiger charge is 2.30. The maximum atomic E-state index is 12.6. The molecular weight excluding hydrogens is 367 g/mol. The van der Waals surface area contributed by atoms with Gasteiger partial charge in [-0.05, 0) is 45.8 Å². The lowest BCUT2D eigenvalue weighted by molar-refractivity contribution is -0.137. The van der Waals surface area contributed by atoms with Crippen LogP contribution in [0.3, 0.4) is 0 Å². The van der Waals surface area contributed by atoms with E-state index in [0.29, 0.717) is 20.6 Å². The van der Waals surface area contributed by atoms with Crippen LogP contribution in [-0.2, 0) is 22.7 Å². The van der Waals surface area contributed by atoms with Crippen LogP contribution in [0.15, 0.2) is 51.8 Å². The summed E-state index contributed by atoms with van der Waals surface area (Å²) in [5.41, 5.74) is 5.73. The molecule has 112 valence electrons. The Morgan fingerprint density at radius 3 is 2.48 bits per heavy atom. The average molecular weight is 378 g/mol. The number of anilines is 1. The Balaban J connectivity index is 2.24. The highest BCUT2D eigenvalue weighted by Crippen LogP contribution is 2.30. The molecule has 0 spiro atoms. The standard InChI is InChI=1S/C14H11BrF3NOS/c15-12-7-11(19)4-5-13(12)21(20)8-9-2-1-3-10(6-9)14(16,17)18/h1-7H,8,19H2. The topological polar surface area (TPSA) is 43.1 Å². The van der Waals surface area contributed by atoms with Gasteiger partial charge in [-0.2, -0.15) is 13.2 Å². The number of hydrogen-bond donors (Lipinski definition) is 1. The molecule has 0 saturated carbocycles. The Hall–Kier alpha value is -1.34. The van der Waals surface area contributed by atoms with Crippen molar-refractivity contribution in [3.63, 3.8) is 0 Å². The van der Waals surface area contributed by atoms with Gasteiger partial charge in [0.2, 0.25) is 0 Å². The van der Waals surface area contributed by atoms with E-state index in [9.17, 15) is 17.4 Å². The molecule has 1 atom stereocenters. The summed E-state index contributed by atoms with van der Waals surface area (Å²) in [5, 5.41) is 0. The van der Waals surface area contributed by atoms with Gasteiger partial charge in [0.05, 0.1) is 27.0 Å². The third kappa shape index (κ3) is 4.07. The van der Waals surface area contributed by atoms with Gasteiger partial charge in [0.1, 0.15) is 0 Å². The van der Waals surface area contributed by atoms with E-state index in [1.165, 1.54) is 12.1 Å². The van der Waals surface area contributed by atoms with Crippen molar-refractivity contribution < 1.29 is 17.4 Å². The van der Waals surface area contributed by atoms with E-state index >= 15 is 0 Å². The minimum atomic E-state index is -4.40. The Labute approximate surface area is 130 Å².